The van der Waals surface area contributed by atoms with Gasteiger partial charge in [-0.05, 0) is 24.6 Å². The summed E-state index contributed by atoms with van der Waals surface area (Å²) in [5.74, 6) is 2.09. The van der Waals surface area contributed by atoms with Crippen LogP contribution in [0.2, 0.25) is 0 Å². The molecule has 0 radical (unpaired) electrons. The number of anilines is 3. The van der Waals surface area contributed by atoms with Gasteiger partial charge in [-0.2, -0.15) is 4.31 Å². The Labute approximate surface area is 169 Å². The van der Waals surface area contributed by atoms with Crippen molar-refractivity contribution in [2.45, 2.75) is 11.9 Å². The third kappa shape index (κ3) is 4.20. The highest BCUT2D eigenvalue weighted by Gasteiger charge is 2.30. The zero-order valence-electron chi connectivity index (χ0n) is 16.2. The molecule has 3 aromatic rings. The van der Waals surface area contributed by atoms with Crippen LogP contribution in [0.15, 0.2) is 48.3 Å². The lowest BCUT2D eigenvalue weighted by Gasteiger charge is -2.34. The fraction of sp³-hybridized carbons (Fsp3) is 0.333. The Bertz CT molecular complexity index is 1110. The zero-order valence-corrected chi connectivity index (χ0v) is 17.0. The van der Waals surface area contributed by atoms with E-state index >= 15 is 0 Å². The van der Waals surface area contributed by atoms with E-state index < -0.39 is 10.0 Å². The molecule has 4 rings (SSSR count). The van der Waals surface area contributed by atoms with Gasteiger partial charge >= 0.3 is 0 Å². The molecule has 1 aliphatic rings. The second-order valence-electron chi connectivity index (χ2n) is 6.87. The van der Waals surface area contributed by atoms with Crippen LogP contribution in [0.25, 0.3) is 0 Å². The molecule has 11 heteroatoms. The third-order valence-corrected chi connectivity index (χ3v) is 6.46. The first-order valence-corrected chi connectivity index (χ1v) is 10.6. The van der Waals surface area contributed by atoms with Crippen molar-refractivity contribution >= 4 is 27.5 Å². The number of hydrogen-bond acceptors (Lipinski definition) is 8. The SMILES string of the molecule is Cc1ccnc(Nc2cc(N3CCN(S(=O)(=O)c4cn(C)cn4)CC3)ncn2)c1. The Morgan fingerprint density at radius 3 is 2.45 bits per heavy atom. The van der Waals surface area contributed by atoms with Gasteiger partial charge in [0.2, 0.25) is 0 Å². The summed E-state index contributed by atoms with van der Waals surface area (Å²) in [6.07, 6.45) is 6.23. The molecule has 0 unspecified atom stereocenters. The number of sulfonamides is 1. The van der Waals surface area contributed by atoms with Gasteiger partial charge < -0.3 is 14.8 Å². The number of aromatic nitrogens is 5. The minimum Gasteiger partial charge on any atom is -0.354 e. The third-order valence-electron chi connectivity index (χ3n) is 4.67. The van der Waals surface area contributed by atoms with Crippen molar-refractivity contribution in [2.75, 3.05) is 36.4 Å². The van der Waals surface area contributed by atoms with Crippen LogP contribution in [0.5, 0.6) is 0 Å². The van der Waals surface area contributed by atoms with E-state index in [4.69, 9.17) is 0 Å². The molecule has 0 aliphatic carbocycles. The summed E-state index contributed by atoms with van der Waals surface area (Å²) in [6.45, 7) is 3.80. The van der Waals surface area contributed by atoms with Crippen LogP contribution < -0.4 is 10.2 Å². The van der Waals surface area contributed by atoms with Gasteiger partial charge in [0.05, 0.1) is 6.33 Å². The first kappa shape index (κ1) is 19.3. The molecule has 1 fully saturated rings. The molecular weight excluding hydrogens is 392 g/mol. The average molecular weight is 414 g/mol. The molecule has 3 aromatic heterocycles. The van der Waals surface area contributed by atoms with E-state index in [1.54, 1.807) is 17.8 Å². The van der Waals surface area contributed by atoms with Crippen LogP contribution in [0, 0.1) is 6.92 Å². The molecule has 10 nitrogen and oxygen atoms in total. The highest BCUT2D eigenvalue weighted by atomic mass is 32.2. The summed E-state index contributed by atoms with van der Waals surface area (Å²) in [5.41, 5.74) is 1.10. The number of pyridine rings is 1. The van der Waals surface area contributed by atoms with E-state index in [-0.39, 0.29) is 5.03 Å². The molecule has 29 heavy (non-hydrogen) atoms. The Balaban J connectivity index is 1.43. The Morgan fingerprint density at radius 2 is 1.76 bits per heavy atom. The normalized spacial score (nSPS) is 15.4. The van der Waals surface area contributed by atoms with Gasteiger partial charge in [-0.15, -0.1) is 0 Å². The van der Waals surface area contributed by atoms with Crippen molar-refractivity contribution in [3.63, 3.8) is 0 Å². The maximum atomic E-state index is 12.7. The fourth-order valence-corrected chi connectivity index (χ4v) is 4.52. The summed E-state index contributed by atoms with van der Waals surface area (Å²) in [4.78, 5) is 18.9. The van der Waals surface area contributed by atoms with Crippen molar-refractivity contribution in [3.05, 3.63) is 48.8 Å². The number of imidazole rings is 1. The Kier molecular flexibility index (Phi) is 5.16. The number of rotatable bonds is 5. The number of nitrogens with one attached hydrogen (secondary N) is 1. The van der Waals surface area contributed by atoms with Crippen molar-refractivity contribution in [1.82, 2.24) is 28.8 Å². The zero-order chi connectivity index (χ0) is 20.4. The largest absolute Gasteiger partial charge is 0.354 e. The highest BCUT2D eigenvalue weighted by Crippen LogP contribution is 2.21. The summed E-state index contributed by atoms with van der Waals surface area (Å²) in [6, 6.07) is 5.70. The summed E-state index contributed by atoms with van der Waals surface area (Å²) >= 11 is 0. The molecule has 1 aliphatic heterocycles. The van der Waals surface area contributed by atoms with Crippen molar-refractivity contribution in [2.24, 2.45) is 7.05 Å². The van der Waals surface area contributed by atoms with Crippen molar-refractivity contribution in [3.8, 4) is 0 Å². The predicted octanol–water partition coefficient (Wildman–Crippen LogP) is 1.17. The van der Waals surface area contributed by atoms with Gasteiger partial charge in [0.15, 0.2) is 5.03 Å². The van der Waals surface area contributed by atoms with Crippen molar-refractivity contribution in [1.29, 1.82) is 0 Å². The van der Waals surface area contributed by atoms with Gasteiger partial charge in [0.1, 0.15) is 23.8 Å². The van der Waals surface area contributed by atoms with E-state index in [2.05, 4.69) is 25.3 Å². The molecule has 0 bridgehead atoms. The number of piperazine rings is 1. The standard InChI is InChI=1S/C18H22N8O2S/c1-14-3-4-19-15(9-14)23-16-10-17(21-12-20-16)25-5-7-26(8-6-25)29(27,28)18-11-24(2)13-22-18/h3-4,9-13H,5-8H2,1-2H3,(H,19,20,21,23). The molecule has 1 N–H and O–H groups in total. The van der Waals surface area contributed by atoms with Gasteiger partial charge in [0.25, 0.3) is 10.0 Å². The summed E-state index contributed by atoms with van der Waals surface area (Å²) < 4.78 is 28.5. The molecular formula is C18H22N8O2S. The lowest BCUT2D eigenvalue weighted by Crippen LogP contribution is -2.49. The Hall–Kier alpha value is -3.05. The van der Waals surface area contributed by atoms with E-state index in [0.29, 0.717) is 37.8 Å². The molecule has 4 heterocycles. The molecule has 1 saturated heterocycles. The van der Waals surface area contributed by atoms with Crippen LogP contribution in [-0.2, 0) is 17.1 Å². The highest BCUT2D eigenvalue weighted by molar-refractivity contribution is 7.89. The monoisotopic (exact) mass is 414 g/mol. The lowest BCUT2D eigenvalue weighted by molar-refractivity contribution is 0.382. The van der Waals surface area contributed by atoms with Gasteiger partial charge in [-0.1, -0.05) is 0 Å². The number of hydrogen-bond donors (Lipinski definition) is 1. The van der Waals surface area contributed by atoms with Gasteiger partial charge in [-0.3, -0.25) is 0 Å². The quantitative estimate of drug-likeness (QED) is 0.663. The smallest absolute Gasteiger partial charge is 0.262 e. The molecule has 152 valence electrons. The first-order valence-electron chi connectivity index (χ1n) is 9.16. The number of nitrogens with zero attached hydrogens (tertiary/aromatic N) is 7. The molecule has 0 saturated carbocycles. The topological polar surface area (TPSA) is 109 Å². The minimum atomic E-state index is -3.58. The summed E-state index contributed by atoms with van der Waals surface area (Å²) in [7, 11) is -1.83. The first-order chi connectivity index (χ1) is 13.9. The van der Waals surface area contributed by atoms with Gasteiger partial charge in [0, 0.05) is 51.7 Å². The minimum absolute atomic E-state index is 0.0765. The molecule has 0 amide bonds. The Morgan fingerprint density at radius 1 is 1.00 bits per heavy atom. The van der Waals surface area contributed by atoms with E-state index in [0.717, 1.165) is 11.4 Å². The molecule has 0 aromatic carbocycles. The summed E-state index contributed by atoms with van der Waals surface area (Å²) in [5, 5.41) is 3.25. The van der Waals surface area contributed by atoms with E-state index in [9.17, 15) is 8.42 Å². The van der Waals surface area contributed by atoms with Crippen LogP contribution in [0.3, 0.4) is 0 Å². The van der Waals surface area contributed by atoms with Crippen LogP contribution in [0.1, 0.15) is 5.56 Å². The van der Waals surface area contributed by atoms with Crippen molar-refractivity contribution < 1.29 is 8.42 Å². The second-order valence-corrected chi connectivity index (χ2v) is 8.76. The van der Waals surface area contributed by atoms with E-state index in [1.807, 2.05) is 30.0 Å². The molecule has 0 spiro atoms. The lowest BCUT2D eigenvalue weighted by atomic mass is 10.3. The average Bonchev–Trinajstić information content (AvgIpc) is 3.16. The van der Waals surface area contributed by atoms with E-state index in [1.165, 1.54) is 23.2 Å². The maximum Gasteiger partial charge on any atom is 0.262 e. The van der Waals surface area contributed by atoms with Crippen LogP contribution >= 0.6 is 0 Å². The van der Waals surface area contributed by atoms with Crippen LogP contribution in [-0.4, -0.2) is 63.4 Å². The number of aryl methyl sites for hydroxylation is 2. The predicted molar refractivity (Wildman–Crippen MR) is 108 cm³/mol. The van der Waals surface area contributed by atoms with Gasteiger partial charge in [-0.25, -0.2) is 28.4 Å². The fourth-order valence-electron chi connectivity index (χ4n) is 3.14. The van der Waals surface area contributed by atoms with Crippen LogP contribution in [0.4, 0.5) is 17.5 Å². The maximum absolute atomic E-state index is 12.7. The molecule has 0 atom stereocenters. The second kappa shape index (κ2) is 7.76.